The number of nitrogens with one attached hydrogen (secondary N) is 1. The van der Waals surface area contributed by atoms with Crippen molar-refractivity contribution in [3.05, 3.63) is 94.0 Å². The highest BCUT2D eigenvalue weighted by molar-refractivity contribution is 6.01. The maximum Gasteiger partial charge on any atom is 0.416 e. The van der Waals surface area contributed by atoms with Crippen molar-refractivity contribution in [3.8, 4) is 0 Å². The van der Waals surface area contributed by atoms with Crippen LogP contribution in [0.25, 0.3) is 0 Å². The molecule has 5 nitrogen and oxygen atoms in total. The van der Waals surface area contributed by atoms with Crippen LogP contribution in [-0.2, 0) is 22.9 Å². The normalized spacial score (nSPS) is 22.4. The van der Waals surface area contributed by atoms with E-state index in [0.29, 0.717) is 42.2 Å². The standard InChI is InChI=1S/C24H21F3N4O/c1-2-23(16-9-6-10-17(11-16)24(25,26)27)18-12-28-30-21(18)29-19-14-31(22(32)20(19)23)13-15-7-4-3-5-8-15/h3-11,29H,2,12-14H2,1H3/t23-/m0/s1. The number of alkyl halides is 3. The number of dihydropyridines is 1. The molecule has 0 saturated carbocycles. The van der Waals surface area contributed by atoms with E-state index in [1.807, 2.05) is 37.3 Å². The summed E-state index contributed by atoms with van der Waals surface area (Å²) >= 11 is 0. The predicted octanol–water partition coefficient (Wildman–Crippen LogP) is 4.93. The Bertz CT molecular complexity index is 1180. The van der Waals surface area contributed by atoms with Crippen molar-refractivity contribution in [1.29, 1.82) is 0 Å². The highest BCUT2D eigenvalue weighted by atomic mass is 19.4. The first-order chi connectivity index (χ1) is 15.3. The molecule has 0 radical (unpaired) electrons. The molecule has 32 heavy (non-hydrogen) atoms. The summed E-state index contributed by atoms with van der Waals surface area (Å²) in [5.74, 6) is 0.367. The summed E-state index contributed by atoms with van der Waals surface area (Å²) in [7, 11) is 0. The van der Waals surface area contributed by atoms with Crippen LogP contribution in [-0.4, -0.2) is 23.9 Å². The maximum absolute atomic E-state index is 13.7. The molecule has 2 aromatic carbocycles. The third-order valence-corrected chi connectivity index (χ3v) is 6.48. The van der Waals surface area contributed by atoms with Crippen molar-refractivity contribution >= 4 is 5.91 Å². The number of nitrogens with zero attached hydrogens (tertiary/aromatic N) is 3. The average Bonchev–Trinajstić information content (AvgIpc) is 3.37. The lowest BCUT2D eigenvalue weighted by Gasteiger charge is -2.39. The number of hydrogen-bond acceptors (Lipinski definition) is 4. The van der Waals surface area contributed by atoms with Crippen LogP contribution in [0.4, 0.5) is 13.2 Å². The lowest BCUT2D eigenvalue weighted by molar-refractivity contribution is -0.137. The lowest BCUT2D eigenvalue weighted by atomic mass is 9.65. The first-order valence-electron chi connectivity index (χ1n) is 10.5. The Hall–Kier alpha value is -3.42. The fourth-order valence-electron chi connectivity index (χ4n) is 5.02. The molecule has 0 aliphatic carbocycles. The zero-order valence-electron chi connectivity index (χ0n) is 17.4. The maximum atomic E-state index is 13.7. The zero-order chi connectivity index (χ0) is 22.5. The van der Waals surface area contributed by atoms with Crippen LogP contribution in [0.1, 0.15) is 30.0 Å². The number of hydrogen-bond donors (Lipinski definition) is 1. The van der Waals surface area contributed by atoms with Gasteiger partial charge >= 0.3 is 6.18 Å². The van der Waals surface area contributed by atoms with Crippen molar-refractivity contribution < 1.29 is 18.0 Å². The van der Waals surface area contributed by atoms with Crippen molar-refractivity contribution in [3.63, 3.8) is 0 Å². The Kier molecular flexibility index (Phi) is 4.69. The summed E-state index contributed by atoms with van der Waals surface area (Å²) in [6, 6.07) is 14.9. The highest BCUT2D eigenvalue weighted by Gasteiger charge is 2.52. The quantitative estimate of drug-likeness (QED) is 0.736. The van der Waals surface area contributed by atoms with Crippen LogP contribution in [0, 0.1) is 0 Å². The van der Waals surface area contributed by atoms with Crippen LogP contribution in [0.15, 0.2) is 87.5 Å². The summed E-state index contributed by atoms with van der Waals surface area (Å²) in [6.45, 7) is 2.90. The van der Waals surface area contributed by atoms with E-state index >= 15 is 0 Å². The zero-order valence-corrected chi connectivity index (χ0v) is 17.4. The molecule has 5 rings (SSSR count). The Balaban J connectivity index is 1.62. The topological polar surface area (TPSA) is 57.1 Å². The summed E-state index contributed by atoms with van der Waals surface area (Å²) in [5, 5.41) is 11.6. The van der Waals surface area contributed by atoms with Crippen molar-refractivity contribution in [2.24, 2.45) is 10.2 Å². The molecule has 0 fully saturated rings. The fraction of sp³-hybridized carbons (Fsp3) is 0.292. The highest BCUT2D eigenvalue weighted by Crippen LogP contribution is 2.51. The van der Waals surface area contributed by atoms with Gasteiger partial charge in [0, 0.05) is 17.8 Å². The molecule has 8 heteroatoms. The molecule has 0 bridgehead atoms. The van der Waals surface area contributed by atoms with Gasteiger partial charge in [-0.15, -0.1) is 5.11 Å². The molecule has 0 unspecified atom stereocenters. The van der Waals surface area contributed by atoms with E-state index in [1.54, 1.807) is 11.0 Å². The van der Waals surface area contributed by atoms with E-state index in [9.17, 15) is 18.0 Å². The van der Waals surface area contributed by atoms with Gasteiger partial charge in [0.2, 0.25) is 0 Å². The number of halogens is 3. The Morgan fingerprint density at radius 3 is 2.62 bits per heavy atom. The van der Waals surface area contributed by atoms with E-state index in [0.717, 1.165) is 23.3 Å². The van der Waals surface area contributed by atoms with Gasteiger partial charge in [-0.25, -0.2) is 0 Å². The van der Waals surface area contributed by atoms with E-state index in [1.165, 1.54) is 6.07 Å². The van der Waals surface area contributed by atoms with Gasteiger partial charge in [0.05, 0.1) is 29.6 Å². The van der Waals surface area contributed by atoms with Crippen LogP contribution < -0.4 is 5.32 Å². The second-order valence-electron chi connectivity index (χ2n) is 8.19. The second-order valence-corrected chi connectivity index (χ2v) is 8.19. The first kappa shape index (κ1) is 20.5. The van der Waals surface area contributed by atoms with Crippen LogP contribution in [0.3, 0.4) is 0 Å². The molecular formula is C24H21F3N4O. The van der Waals surface area contributed by atoms with E-state index < -0.39 is 17.2 Å². The monoisotopic (exact) mass is 438 g/mol. The number of carbonyl (C=O) groups is 1. The number of carbonyl (C=O) groups excluding carboxylic acids is 1. The molecule has 1 N–H and O–H groups in total. The van der Waals surface area contributed by atoms with Gasteiger partial charge in [-0.05, 0) is 23.6 Å². The summed E-state index contributed by atoms with van der Waals surface area (Å²) in [5.41, 5.74) is 1.62. The summed E-state index contributed by atoms with van der Waals surface area (Å²) in [6.07, 6.45) is -4.06. The Labute approximate surface area is 183 Å². The van der Waals surface area contributed by atoms with E-state index in [4.69, 9.17) is 0 Å². The molecule has 0 aromatic heterocycles. The third-order valence-electron chi connectivity index (χ3n) is 6.48. The van der Waals surface area contributed by atoms with Gasteiger partial charge in [-0.3, -0.25) is 4.79 Å². The average molecular weight is 438 g/mol. The minimum Gasteiger partial charge on any atom is -0.340 e. The lowest BCUT2D eigenvalue weighted by Crippen LogP contribution is -2.41. The van der Waals surface area contributed by atoms with Crippen molar-refractivity contribution in [1.82, 2.24) is 10.2 Å². The van der Waals surface area contributed by atoms with Gasteiger partial charge in [0.25, 0.3) is 5.91 Å². The van der Waals surface area contributed by atoms with E-state index in [2.05, 4.69) is 15.5 Å². The van der Waals surface area contributed by atoms with Crippen LogP contribution >= 0.6 is 0 Å². The second kappa shape index (κ2) is 7.32. The molecule has 164 valence electrons. The van der Waals surface area contributed by atoms with Crippen LogP contribution in [0.2, 0.25) is 0 Å². The van der Waals surface area contributed by atoms with Crippen molar-refractivity contribution in [2.75, 3.05) is 13.1 Å². The van der Waals surface area contributed by atoms with E-state index in [-0.39, 0.29) is 12.5 Å². The summed E-state index contributed by atoms with van der Waals surface area (Å²) < 4.78 is 40.6. The molecule has 3 aliphatic rings. The molecule has 0 spiro atoms. The minimum absolute atomic E-state index is 0.172. The molecule has 1 atom stereocenters. The Morgan fingerprint density at radius 1 is 1.12 bits per heavy atom. The van der Waals surface area contributed by atoms with Gasteiger partial charge in [-0.1, -0.05) is 55.5 Å². The van der Waals surface area contributed by atoms with Gasteiger partial charge in [0.1, 0.15) is 0 Å². The molecule has 1 amide bonds. The number of azo groups is 1. The third kappa shape index (κ3) is 3.04. The first-order valence-corrected chi connectivity index (χ1v) is 10.5. The summed E-state index contributed by atoms with van der Waals surface area (Å²) in [4.78, 5) is 15.4. The Morgan fingerprint density at radius 2 is 1.91 bits per heavy atom. The fourth-order valence-corrected chi connectivity index (χ4v) is 5.02. The van der Waals surface area contributed by atoms with Gasteiger partial charge in [0.15, 0.2) is 5.82 Å². The molecule has 2 aromatic rings. The van der Waals surface area contributed by atoms with Gasteiger partial charge in [-0.2, -0.15) is 18.3 Å². The molecule has 3 heterocycles. The SMILES string of the molecule is CC[C@]1(c2cccc(C(F)(F)F)c2)C2=C(N=NC2)NC2=C1C(=O)N(Cc1ccccc1)C2. The smallest absolute Gasteiger partial charge is 0.340 e. The van der Waals surface area contributed by atoms with Crippen molar-refractivity contribution in [2.45, 2.75) is 31.5 Å². The van der Waals surface area contributed by atoms with Crippen LogP contribution in [0.5, 0.6) is 0 Å². The number of rotatable bonds is 4. The number of amides is 1. The molecule has 3 aliphatic heterocycles. The minimum atomic E-state index is -4.48. The number of benzene rings is 2. The molecule has 0 saturated heterocycles. The predicted molar refractivity (Wildman–Crippen MR) is 112 cm³/mol. The van der Waals surface area contributed by atoms with Gasteiger partial charge < -0.3 is 10.2 Å². The molecular weight excluding hydrogens is 417 g/mol. The largest absolute Gasteiger partial charge is 0.416 e.